The molecule has 1 aliphatic rings. The Morgan fingerprint density at radius 2 is 1.93 bits per heavy atom. The summed E-state index contributed by atoms with van der Waals surface area (Å²) in [6.45, 7) is 3.49. The van der Waals surface area contributed by atoms with Gasteiger partial charge in [0, 0.05) is 11.6 Å². The molecule has 0 bridgehead atoms. The van der Waals surface area contributed by atoms with Crippen LogP contribution in [0.25, 0.3) is 0 Å². The van der Waals surface area contributed by atoms with Gasteiger partial charge in [0.1, 0.15) is 11.6 Å². The summed E-state index contributed by atoms with van der Waals surface area (Å²) in [6, 6.07) is 0.911. The number of hydrogen-bond donors (Lipinski definition) is 1. The first-order valence-electron chi connectivity index (χ1n) is 5.26. The second-order valence-corrected chi connectivity index (χ2v) is 4.40. The van der Waals surface area contributed by atoms with Crippen molar-refractivity contribution in [3.8, 4) is 0 Å². The molecule has 1 aliphatic carbocycles. The van der Waals surface area contributed by atoms with Gasteiger partial charge in [0.2, 0.25) is 0 Å². The number of benzene rings is 1. The van der Waals surface area contributed by atoms with E-state index in [9.17, 15) is 8.78 Å². The Hall–Kier alpha value is -0.960. The van der Waals surface area contributed by atoms with Gasteiger partial charge in [-0.3, -0.25) is 0 Å². The lowest BCUT2D eigenvalue weighted by atomic mass is 9.80. The van der Waals surface area contributed by atoms with Crippen LogP contribution in [0.15, 0.2) is 6.07 Å². The lowest BCUT2D eigenvalue weighted by molar-refractivity contribution is 0.453. The van der Waals surface area contributed by atoms with Crippen LogP contribution in [0.5, 0.6) is 0 Å². The molecule has 2 N–H and O–H groups in total. The third-order valence-electron chi connectivity index (χ3n) is 3.25. The maximum Gasteiger partial charge on any atom is 0.131 e. The van der Waals surface area contributed by atoms with Gasteiger partial charge < -0.3 is 5.73 Å². The van der Waals surface area contributed by atoms with Crippen LogP contribution in [0.3, 0.4) is 0 Å². The topological polar surface area (TPSA) is 26.0 Å². The molecule has 0 amide bonds. The van der Waals surface area contributed by atoms with Gasteiger partial charge in [-0.05, 0) is 42.9 Å². The fraction of sp³-hybridized carbons (Fsp3) is 0.500. The second-order valence-electron chi connectivity index (χ2n) is 4.40. The molecule has 1 aromatic rings. The lowest BCUT2D eigenvalue weighted by Crippen LogP contribution is -2.23. The van der Waals surface area contributed by atoms with E-state index in [0.29, 0.717) is 16.7 Å². The molecule has 3 heteroatoms. The molecule has 0 fully saturated rings. The normalized spacial score (nSPS) is 25.1. The number of fused-ring (bicyclic) bond motifs is 1. The zero-order valence-electron chi connectivity index (χ0n) is 8.98. The maximum atomic E-state index is 13.8. The first-order valence-corrected chi connectivity index (χ1v) is 5.26. The van der Waals surface area contributed by atoms with E-state index in [0.717, 1.165) is 12.8 Å². The van der Waals surface area contributed by atoms with E-state index >= 15 is 0 Å². The lowest BCUT2D eigenvalue weighted by Gasteiger charge is -2.28. The summed E-state index contributed by atoms with van der Waals surface area (Å²) >= 11 is 0. The van der Waals surface area contributed by atoms with Crippen molar-refractivity contribution in [1.82, 2.24) is 0 Å². The van der Waals surface area contributed by atoms with E-state index in [-0.39, 0.29) is 23.6 Å². The molecule has 15 heavy (non-hydrogen) atoms. The van der Waals surface area contributed by atoms with Gasteiger partial charge in [0.15, 0.2) is 0 Å². The smallest absolute Gasteiger partial charge is 0.131 e. The van der Waals surface area contributed by atoms with Crippen LogP contribution in [0.1, 0.15) is 48.4 Å². The highest BCUT2D eigenvalue weighted by Gasteiger charge is 2.29. The summed E-state index contributed by atoms with van der Waals surface area (Å²) in [5.41, 5.74) is 7.06. The summed E-state index contributed by atoms with van der Waals surface area (Å²) < 4.78 is 27.6. The van der Waals surface area contributed by atoms with Gasteiger partial charge in [0.05, 0.1) is 0 Å². The zero-order chi connectivity index (χ0) is 11.2. The molecular weight excluding hydrogens is 196 g/mol. The van der Waals surface area contributed by atoms with Crippen LogP contribution >= 0.6 is 0 Å². The number of halogens is 2. The van der Waals surface area contributed by atoms with E-state index in [2.05, 4.69) is 0 Å². The highest BCUT2D eigenvalue weighted by atomic mass is 19.1. The monoisotopic (exact) mass is 211 g/mol. The van der Waals surface area contributed by atoms with Crippen LogP contribution in [-0.2, 0) is 0 Å². The Morgan fingerprint density at radius 3 is 2.60 bits per heavy atom. The molecule has 82 valence electrons. The van der Waals surface area contributed by atoms with Crippen molar-refractivity contribution in [2.24, 2.45) is 5.73 Å². The molecule has 1 unspecified atom stereocenters. The standard InChI is InChI=1S/C12H15F2N/c1-6-3-4-9(15)11-10(6)8(13)5-7(2)12(11)14/h5-6,9H,3-4,15H2,1-2H3/t6?,9-/m0/s1. The van der Waals surface area contributed by atoms with Crippen LogP contribution < -0.4 is 5.73 Å². The van der Waals surface area contributed by atoms with E-state index < -0.39 is 0 Å². The second kappa shape index (κ2) is 3.56. The minimum Gasteiger partial charge on any atom is -0.324 e. The van der Waals surface area contributed by atoms with Crippen molar-refractivity contribution in [1.29, 1.82) is 0 Å². The van der Waals surface area contributed by atoms with Crippen LogP contribution in [0, 0.1) is 18.6 Å². The fourth-order valence-electron chi connectivity index (χ4n) is 2.37. The third-order valence-corrected chi connectivity index (χ3v) is 3.25. The van der Waals surface area contributed by atoms with Crippen LogP contribution in [0.2, 0.25) is 0 Å². The molecular formula is C12H15F2N. The molecule has 0 aromatic heterocycles. The predicted molar refractivity (Wildman–Crippen MR) is 55.7 cm³/mol. The minimum absolute atomic E-state index is 0.0647. The molecule has 0 aliphatic heterocycles. The SMILES string of the molecule is Cc1cc(F)c2c(c1F)[C@@H](N)CCC2C. The van der Waals surface area contributed by atoms with E-state index in [4.69, 9.17) is 5.73 Å². The number of aryl methyl sites for hydroxylation is 1. The zero-order valence-corrected chi connectivity index (χ0v) is 8.98. The van der Waals surface area contributed by atoms with Crippen molar-refractivity contribution in [2.45, 2.75) is 38.6 Å². The molecule has 0 radical (unpaired) electrons. The first-order chi connectivity index (χ1) is 7.02. The van der Waals surface area contributed by atoms with Gasteiger partial charge in [-0.1, -0.05) is 6.92 Å². The first kappa shape index (κ1) is 10.6. The van der Waals surface area contributed by atoms with Gasteiger partial charge in [-0.25, -0.2) is 8.78 Å². The molecule has 1 aromatic carbocycles. The Kier molecular flexibility index (Phi) is 2.51. The summed E-state index contributed by atoms with van der Waals surface area (Å²) in [5, 5.41) is 0. The number of rotatable bonds is 0. The summed E-state index contributed by atoms with van der Waals surface area (Å²) in [7, 11) is 0. The molecule has 0 spiro atoms. The van der Waals surface area contributed by atoms with Gasteiger partial charge in [-0.2, -0.15) is 0 Å². The largest absolute Gasteiger partial charge is 0.324 e. The highest BCUT2D eigenvalue weighted by Crippen LogP contribution is 2.39. The van der Waals surface area contributed by atoms with Crippen molar-refractivity contribution >= 4 is 0 Å². The average molecular weight is 211 g/mol. The van der Waals surface area contributed by atoms with Gasteiger partial charge >= 0.3 is 0 Å². The van der Waals surface area contributed by atoms with Crippen LogP contribution in [-0.4, -0.2) is 0 Å². The van der Waals surface area contributed by atoms with Gasteiger partial charge in [0.25, 0.3) is 0 Å². The Labute approximate surface area is 88.3 Å². The molecule has 2 atom stereocenters. The van der Waals surface area contributed by atoms with Crippen molar-refractivity contribution in [3.05, 3.63) is 34.4 Å². The van der Waals surface area contributed by atoms with E-state index in [1.165, 1.54) is 6.07 Å². The summed E-state index contributed by atoms with van der Waals surface area (Å²) in [5.74, 6) is -0.577. The molecule has 0 heterocycles. The van der Waals surface area contributed by atoms with E-state index in [1.807, 2.05) is 6.92 Å². The minimum atomic E-state index is -0.356. The fourth-order valence-corrected chi connectivity index (χ4v) is 2.37. The summed E-state index contributed by atoms with van der Waals surface area (Å²) in [4.78, 5) is 0. The Bertz CT molecular complexity index is 401. The van der Waals surface area contributed by atoms with Crippen molar-refractivity contribution in [2.75, 3.05) is 0 Å². The Balaban J connectivity index is 2.71. The quantitative estimate of drug-likeness (QED) is 0.700. The predicted octanol–water partition coefficient (Wildman–Crippen LogP) is 3.17. The average Bonchev–Trinajstić information content (AvgIpc) is 2.18. The molecule has 0 saturated heterocycles. The summed E-state index contributed by atoms with van der Waals surface area (Å²) in [6.07, 6.45) is 1.56. The van der Waals surface area contributed by atoms with Crippen molar-refractivity contribution < 1.29 is 8.78 Å². The van der Waals surface area contributed by atoms with Crippen molar-refractivity contribution in [3.63, 3.8) is 0 Å². The van der Waals surface area contributed by atoms with Gasteiger partial charge in [-0.15, -0.1) is 0 Å². The number of nitrogens with two attached hydrogens (primary N) is 1. The molecule has 2 rings (SSSR count). The third kappa shape index (κ3) is 1.55. The Morgan fingerprint density at radius 1 is 1.27 bits per heavy atom. The van der Waals surface area contributed by atoms with E-state index in [1.54, 1.807) is 6.92 Å². The molecule has 1 nitrogen and oxygen atoms in total. The maximum absolute atomic E-state index is 13.8. The number of hydrogen-bond acceptors (Lipinski definition) is 1. The van der Waals surface area contributed by atoms with Crippen LogP contribution in [0.4, 0.5) is 8.78 Å². The molecule has 0 saturated carbocycles. The highest BCUT2D eigenvalue weighted by molar-refractivity contribution is 5.40.